The van der Waals surface area contributed by atoms with E-state index in [9.17, 15) is 18.3 Å². The molecule has 0 radical (unpaired) electrons. The van der Waals surface area contributed by atoms with Crippen molar-refractivity contribution in [3.05, 3.63) is 65.7 Å². The number of pyridine rings is 1. The molecule has 32 heavy (non-hydrogen) atoms. The molecule has 0 spiro atoms. The van der Waals surface area contributed by atoms with Crippen LogP contribution in [0.2, 0.25) is 0 Å². The molecule has 5 rings (SSSR count). The summed E-state index contributed by atoms with van der Waals surface area (Å²) < 4.78 is 42.1. The molecule has 0 unspecified atom stereocenters. The zero-order chi connectivity index (χ0) is 21.8. The monoisotopic (exact) mass is 461 g/mol. The number of aromatic hydroxyl groups is 1. The molecule has 10 heteroatoms. The lowest BCUT2D eigenvalue weighted by molar-refractivity contribution is -0.136. The molecule has 3 aromatic heterocycles. The zero-order valence-electron chi connectivity index (χ0n) is 16.9. The Kier molecular flexibility index (Phi) is 5.56. The molecular weight excluding hydrogens is 443 g/mol. The van der Waals surface area contributed by atoms with Gasteiger partial charge in [-0.05, 0) is 48.4 Å². The first kappa shape index (κ1) is 22.0. The number of nitrogens with zero attached hydrogens (tertiary/aromatic N) is 4. The standard InChI is InChI=1S/C22H18F3N5O.ClH/c1-12-10-30-11-14(6-17(21(30)27-12)22(23,24)25)13-2-3-16(20(31)7-13)19-5-4-18(28-29-19)15-8-26-9-15;/h2-7,10-11,15,26,31H,8-9H2,1H3;1H. The summed E-state index contributed by atoms with van der Waals surface area (Å²) in [5.74, 6) is 0.266. The number of hydrogen-bond acceptors (Lipinski definition) is 5. The van der Waals surface area contributed by atoms with Gasteiger partial charge in [0.2, 0.25) is 0 Å². The minimum atomic E-state index is -4.55. The van der Waals surface area contributed by atoms with Crippen LogP contribution in [0, 0.1) is 6.92 Å². The van der Waals surface area contributed by atoms with Gasteiger partial charge in [0.05, 0.1) is 22.6 Å². The summed E-state index contributed by atoms with van der Waals surface area (Å²) in [5, 5.41) is 22.2. The van der Waals surface area contributed by atoms with Gasteiger partial charge in [-0.2, -0.15) is 23.4 Å². The highest BCUT2D eigenvalue weighted by Crippen LogP contribution is 2.37. The molecule has 6 nitrogen and oxygen atoms in total. The fraction of sp³-hybridized carbons (Fsp3) is 0.227. The lowest BCUT2D eigenvalue weighted by atomic mass is 9.98. The van der Waals surface area contributed by atoms with Gasteiger partial charge in [0, 0.05) is 37.0 Å². The largest absolute Gasteiger partial charge is 0.507 e. The molecule has 0 bridgehead atoms. The molecule has 166 valence electrons. The molecule has 1 fully saturated rings. The minimum absolute atomic E-state index is 0. The molecule has 1 saturated heterocycles. The summed E-state index contributed by atoms with van der Waals surface area (Å²) in [5.41, 5.74) is 2.13. The van der Waals surface area contributed by atoms with Gasteiger partial charge in [0.15, 0.2) is 0 Å². The Morgan fingerprint density at radius 1 is 1.03 bits per heavy atom. The molecule has 1 aliphatic heterocycles. The topological polar surface area (TPSA) is 75.3 Å². The van der Waals surface area contributed by atoms with Crippen molar-refractivity contribution in [2.24, 2.45) is 0 Å². The number of hydrogen-bond donors (Lipinski definition) is 2. The Hall–Kier alpha value is -3.17. The Morgan fingerprint density at radius 3 is 2.41 bits per heavy atom. The number of halogens is 4. The number of rotatable bonds is 3. The molecule has 0 atom stereocenters. The van der Waals surface area contributed by atoms with E-state index in [0.29, 0.717) is 34.0 Å². The molecule has 1 aromatic carbocycles. The maximum Gasteiger partial charge on any atom is 0.420 e. The van der Waals surface area contributed by atoms with Crippen LogP contribution in [-0.2, 0) is 6.18 Å². The highest BCUT2D eigenvalue weighted by Gasteiger charge is 2.34. The number of benzene rings is 1. The highest BCUT2D eigenvalue weighted by molar-refractivity contribution is 5.85. The van der Waals surface area contributed by atoms with Crippen LogP contribution in [0.3, 0.4) is 0 Å². The lowest BCUT2D eigenvalue weighted by Crippen LogP contribution is -2.40. The number of fused-ring (bicyclic) bond motifs is 1. The van der Waals surface area contributed by atoms with Gasteiger partial charge >= 0.3 is 6.18 Å². The van der Waals surface area contributed by atoms with E-state index in [1.165, 1.54) is 16.7 Å². The van der Waals surface area contributed by atoms with Gasteiger partial charge in [0.25, 0.3) is 0 Å². The van der Waals surface area contributed by atoms with Crippen LogP contribution in [0.5, 0.6) is 5.75 Å². The molecule has 4 heterocycles. The number of phenolic OH excluding ortho intramolecular Hbond substituents is 1. The summed E-state index contributed by atoms with van der Waals surface area (Å²) in [6.45, 7) is 3.38. The average Bonchev–Trinajstić information content (AvgIpc) is 3.05. The fourth-order valence-corrected chi connectivity index (χ4v) is 3.72. The third kappa shape index (κ3) is 3.89. The number of nitrogens with one attached hydrogen (secondary N) is 1. The van der Waals surface area contributed by atoms with Crippen molar-refractivity contribution in [2.45, 2.75) is 19.0 Å². The van der Waals surface area contributed by atoms with Gasteiger partial charge < -0.3 is 14.8 Å². The van der Waals surface area contributed by atoms with Gasteiger partial charge in [-0.3, -0.25) is 0 Å². The Labute approximate surface area is 187 Å². The maximum absolute atomic E-state index is 13.6. The van der Waals surface area contributed by atoms with E-state index >= 15 is 0 Å². The molecule has 1 aliphatic rings. The van der Waals surface area contributed by atoms with Crippen molar-refractivity contribution in [1.29, 1.82) is 0 Å². The van der Waals surface area contributed by atoms with Crippen molar-refractivity contribution >= 4 is 18.1 Å². The second kappa shape index (κ2) is 8.07. The van der Waals surface area contributed by atoms with E-state index < -0.39 is 11.7 Å². The normalized spacial score (nSPS) is 14.2. The fourth-order valence-electron chi connectivity index (χ4n) is 3.72. The molecular formula is C22H19ClF3N5O. The van der Waals surface area contributed by atoms with E-state index in [2.05, 4.69) is 20.5 Å². The summed E-state index contributed by atoms with van der Waals surface area (Å²) in [4.78, 5) is 3.99. The van der Waals surface area contributed by atoms with Crippen LogP contribution in [0.4, 0.5) is 13.2 Å². The first-order valence-corrected chi connectivity index (χ1v) is 9.74. The number of alkyl halides is 3. The lowest BCUT2D eigenvalue weighted by Gasteiger charge is -2.25. The third-order valence-electron chi connectivity index (χ3n) is 5.47. The van der Waals surface area contributed by atoms with Crippen LogP contribution in [-0.4, -0.2) is 37.8 Å². The number of phenols is 1. The predicted octanol–water partition coefficient (Wildman–Crippen LogP) is 4.60. The molecule has 0 aliphatic carbocycles. The van der Waals surface area contributed by atoms with Gasteiger partial charge in [-0.15, -0.1) is 12.4 Å². The van der Waals surface area contributed by atoms with E-state index in [1.54, 1.807) is 31.3 Å². The van der Waals surface area contributed by atoms with Crippen molar-refractivity contribution in [1.82, 2.24) is 24.9 Å². The van der Waals surface area contributed by atoms with Crippen LogP contribution >= 0.6 is 12.4 Å². The van der Waals surface area contributed by atoms with E-state index in [-0.39, 0.29) is 23.8 Å². The third-order valence-corrected chi connectivity index (χ3v) is 5.47. The van der Waals surface area contributed by atoms with Crippen molar-refractivity contribution in [2.75, 3.05) is 13.1 Å². The van der Waals surface area contributed by atoms with Crippen molar-refractivity contribution < 1.29 is 18.3 Å². The van der Waals surface area contributed by atoms with E-state index in [1.807, 2.05) is 6.07 Å². The first-order chi connectivity index (χ1) is 14.8. The van der Waals surface area contributed by atoms with E-state index in [0.717, 1.165) is 24.8 Å². The first-order valence-electron chi connectivity index (χ1n) is 9.74. The SMILES string of the molecule is Cc1cn2cc(-c3ccc(-c4ccc(C5CNC5)nn4)c(O)c3)cc(C(F)(F)F)c2n1.Cl. The Morgan fingerprint density at radius 2 is 1.81 bits per heavy atom. The number of aryl methyl sites for hydroxylation is 1. The predicted molar refractivity (Wildman–Crippen MR) is 116 cm³/mol. The number of imidazole rings is 1. The van der Waals surface area contributed by atoms with Crippen LogP contribution in [0.15, 0.2) is 48.8 Å². The Balaban J connectivity index is 0.00000245. The smallest absolute Gasteiger partial charge is 0.420 e. The minimum Gasteiger partial charge on any atom is -0.507 e. The molecule has 2 N–H and O–H groups in total. The van der Waals surface area contributed by atoms with E-state index in [4.69, 9.17) is 0 Å². The summed E-state index contributed by atoms with van der Waals surface area (Å²) in [6, 6.07) is 9.45. The average molecular weight is 462 g/mol. The quantitative estimate of drug-likeness (QED) is 0.466. The Bertz CT molecular complexity index is 1280. The van der Waals surface area contributed by atoms with Crippen LogP contribution in [0.1, 0.15) is 22.9 Å². The summed E-state index contributed by atoms with van der Waals surface area (Å²) in [6.07, 6.45) is -1.44. The number of aromatic nitrogens is 4. The van der Waals surface area contributed by atoms with Gasteiger partial charge in [-0.1, -0.05) is 6.07 Å². The molecule has 0 amide bonds. The van der Waals surface area contributed by atoms with Crippen molar-refractivity contribution in [3.63, 3.8) is 0 Å². The molecule has 4 aromatic rings. The second-order valence-electron chi connectivity index (χ2n) is 7.68. The zero-order valence-corrected chi connectivity index (χ0v) is 17.7. The maximum atomic E-state index is 13.6. The van der Waals surface area contributed by atoms with Crippen molar-refractivity contribution in [3.8, 4) is 28.1 Å². The highest BCUT2D eigenvalue weighted by atomic mass is 35.5. The van der Waals surface area contributed by atoms with Crippen LogP contribution < -0.4 is 5.32 Å². The van der Waals surface area contributed by atoms with Crippen LogP contribution in [0.25, 0.3) is 28.0 Å². The molecule has 0 saturated carbocycles. The summed E-state index contributed by atoms with van der Waals surface area (Å²) in [7, 11) is 0. The van der Waals surface area contributed by atoms with Gasteiger partial charge in [-0.25, -0.2) is 4.98 Å². The van der Waals surface area contributed by atoms with Gasteiger partial charge in [0.1, 0.15) is 11.4 Å². The second-order valence-corrected chi connectivity index (χ2v) is 7.68. The summed E-state index contributed by atoms with van der Waals surface area (Å²) >= 11 is 0.